The van der Waals surface area contributed by atoms with E-state index in [0.29, 0.717) is 33.6 Å². The molecule has 2 N–H and O–H groups in total. The normalized spacial score (nSPS) is 10.2. The first-order chi connectivity index (χ1) is 14.9. The maximum atomic E-state index is 11.3. The van der Waals surface area contributed by atoms with E-state index in [2.05, 4.69) is 10.6 Å². The van der Waals surface area contributed by atoms with Gasteiger partial charge in [-0.1, -0.05) is 11.6 Å². The Morgan fingerprint density at radius 3 is 1.97 bits per heavy atom. The number of nitro benzene ring substituents is 1. The Hall–Kier alpha value is -3.56. The molecule has 31 heavy (non-hydrogen) atoms. The second kappa shape index (κ2) is 9.96. The molecule has 3 aromatic carbocycles. The molecule has 0 aliphatic heterocycles. The Morgan fingerprint density at radius 1 is 0.871 bits per heavy atom. The summed E-state index contributed by atoms with van der Waals surface area (Å²) in [6.07, 6.45) is 0. The van der Waals surface area contributed by atoms with Gasteiger partial charge in [-0.3, -0.25) is 10.1 Å². The summed E-state index contributed by atoms with van der Waals surface area (Å²) in [6.45, 7) is 0. The van der Waals surface area contributed by atoms with E-state index in [-0.39, 0.29) is 16.5 Å². The molecule has 0 aromatic heterocycles. The van der Waals surface area contributed by atoms with Crippen LogP contribution in [0.3, 0.4) is 0 Å². The van der Waals surface area contributed by atoms with Crippen LogP contribution in [0.15, 0.2) is 60.7 Å². The van der Waals surface area contributed by atoms with Gasteiger partial charge in [0.2, 0.25) is 0 Å². The highest BCUT2D eigenvalue weighted by atomic mass is 35.5. The standard InChI is InChI=1S/C21H18ClN3O5S/c1-28-18-8-15(9-19(12-18)29-2)24-21(31)23-14-7-16(25(26)27)11-20(10-14)30-17-5-3-13(22)4-6-17/h3-12H,1-2H3,(H2,23,24,31). The van der Waals surface area contributed by atoms with Crippen molar-refractivity contribution in [3.05, 3.63) is 75.8 Å². The van der Waals surface area contributed by atoms with Crippen LogP contribution >= 0.6 is 23.8 Å². The van der Waals surface area contributed by atoms with E-state index in [1.165, 1.54) is 12.1 Å². The maximum Gasteiger partial charge on any atom is 0.275 e. The van der Waals surface area contributed by atoms with Crippen molar-refractivity contribution in [1.82, 2.24) is 0 Å². The number of methoxy groups -OCH3 is 2. The number of nitrogens with one attached hydrogen (secondary N) is 2. The summed E-state index contributed by atoms with van der Waals surface area (Å²) in [6, 6.07) is 16.1. The van der Waals surface area contributed by atoms with Crippen LogP contribution in [0, 0.1) is 10.1 Å². The number of nitro groups is 1. The lowest BCUT2D eigenvalue weighted by Gasteiger charge is -2.14. The Bertz CT molecular complexity index is 1090. The van der Waals surface area contributed by atoms with E-state index < -0.39 is 4.92 Å². The molecule has 8 nitrogen and oxygen atoms in total. The molecule has 0 unspecified atom stereocenters. The molecule has 3 aromatic rings. The third-order valence-electron chi connectivity index (χ3n) is 4.02. The van der Waals surface area contributed by atoms with E-state index in [1.807, 2.05) is 0 Å². The largest absolute Gasteiger partial charge is 0.497 e. The van der Waals surface area contributed by atoms with Crippen LogP contribution in [-0.4, -0.2) is 24.3 Å². The fourth-order valence-corrected chi connectivity index (χ4v) is 2.99. The van der Waals surface area contributed by atoms with Gasteiger partial charge in [-0.25, -0.2) is 0 Å². The van der Waals surface area contributed by atoms with Crippen LogP contribution in [0.4, 0.5) is 17.1 Å². The third-order valence-corrected chi connectivity index (χ3v) is 4.47. The number of ether oxygens (including phenoxy) is 3. The lowest BCUT2D eigenvalue weighted by atomic mass is 10.2. The quantitative estimate of drug-likeness (QED) is 0.257. The average molecular weight is 460 g/mol. The monoisotopic (exact) mass is 459 g/mol. The van der Waals surface area contributed by atoms with Crippen molar-refractivity contribution >= 4 is 46.0 Å². The molecule has 0 saturated heterocycles. The minimum atomic E-state index is -0.511. The highest BCUT2D eigenvalue weighted by molar-refractivity contribution is 7.80. The van der Waals surface area contributed by atoms with E-state index in [0.717, 1.165) is 0 Å². The van der Waals surface area contributed by atoms with Gasteiger partial charge in [0.05, 0.1) is 30.9 Å². The summed E-state index contributed by atoms with van der Waals surface area (Å²) in [5.74, 6) is 1.92. The number of non-ortho nitro benzene ring substituents is 1. The second-order valence-corrected chi connectivity index (χ2v) is 7.05. The highest BCUT2D eigenvalue weighted by Gasteiger charge is 2.13. The van der Waals surface area contributed by atoms with Crippen LogP contribution in [0.1, 0.15) is 0 Å². The summed E-state index contributed by atoms with van der Waals surface area (Å²) in [5, 5.41) is 18.0. The molecular weight excluding hydrogens is 442 g/mol. The van der Waals surface area contributed by atoms with Gasteiger partial charge < -0.3 is 24.8 Å². The average Bonchev–Trinajstić information content (AvgIpc) is 2.74. The number of halogens is 1. The fourth-order valence-electron chi connectivity index (χ4n) is 2.63. The minimum absolute atomic E-state index is 0.153. The molecule has 3 rings (SSSR count). The van der Waals surface area contributed by atoms with Crippen LogP contribution < -0.4 is 24.8 Å². The van der Waals surface area contributed by atoms with Gasteiger partial charge in [-0.15, -0.1) is 0 Å². The van der Waals surface area contributed by atoms with Crippen molar-refractivity contribution < 1.29 is 19.1 Å². The molecule has 0 saturated carbocycles. The van der Waals surface area contributed by atoms with Crippen LogP contribution in [0.2, 0.25) is 5.02 Å². The summed E-state index contributed by atoms with van der Waals surface area (Å²) >= 11 is 11.2. The van der Waals surface area contributed by atoms with E-state index in [9.17, 15) is 10.1 Å². The SMILES string of the molecule is COc1cc(NC(=S)Nc2cc(Oc3ccc(Cl)cc3)cc([N+](=O)[O-])c2)cc(OC)c1. The van der Waals surface area contributed by atoms with Gasteiger partial charge in [0.25, 0.3) is 5.69 Å². The Morgan fingerprint density at radius 2 is 1.42 bits per heavy atom. The van der Waals surface area contributed by atoms with E-state index >= 15 is 0 Å². The minimum Gasteiger partial charge on any atom is -0.497 e. The topological polar surface area (TPSA) is 94.9 Å². The molecule has 0 radical (unpaired) electrons. The molecule has 10 heteroatoms. The first-order valence-corrected chi connectivity index (χ1v) is 9.69. The van der Waals surface area contributed by atoms with Crippen molar-refractivity contribution in [1.29, 1.82) is 0 Å². The van der Waals surface area contributed by atoms with Crippen molar-refractivity contribution in [2.45, 2.75) is 0 Å². The second-order valence-electron chi connectivity index (χ2n) is 6.21. The van der Waals surface area contributed by atoms with Gasteiger partial charge >= 0.3 is 0 Å². The van der Waals surface area contributed by atoms with Gasteiger partial charge in [0, 0.05) is 41.0 Å². The van der Waals surface area contributed by atoms with Gasteiger partial charge in [-0.2, -0.15) is 0 Å². The Balaban J connectivity index is 1.80. The first-order valence-electron chi connectivity index (χ1n) is 8.90. The molecule has 160 valence electrons. The lowest BCUT2D eigenvalue weighted by molar-refractivity contribution is -0.384. The molecule has 0 spiro atoms. The van der Waals surface area contributed by atoms with Crippen LogP contribution in [-0.2, 0) is 0 Å². The van der Waals surface area contributed by atoms with Gasteiger partial charge in [0.1, 0.15) is 23.0 Å². The smallest absolute Gasteiger partial charge is 0.275 e. The number of anilines is 2. The maximum absolute atomic E-state index is 11.3. The fraction of sp³-hybridized carbons (Fsp3) is 0.0952. The summed E-state index contributed by atoms with van der Waals surface area (Å²) in [5.41, 5.74) is 0.849. The number of thiocarbonyl (C=S) groups is 1. The van der Waals surface area contributed by atoms with Crippen LogP contribution in [0.25, 0.3) is 0 Å². The molecule has 0 heterocycles. The van der Waals surface area contributed by atoms with Crippen molar-refractivity contribution in [2.24, 2.45) is 0 Å². The summed E-state index contributed by atoms with van der Waals surface area (Å²) in [7, 11) is 3.08. The predicted molar refractivity (Wildman–Crippen MR) is 124 cm³/mol. The Kier molecular flexibility index (Phi) is 7.11. The number of rotatable bonds is 7. The number of hydrogen-bond acceptors (Lipinski definition) is 6. The number of benzene rings is 3. The molecule has 0 aliphatic carbocycles. The molecule has 0 amide bonds. The van der Waals surface area contributed by atoms with Gasteiger partial charge in [-0.05, 0) is 36.5 Å². The van der Waals surface area contributed by atoms with Crippen molar-refractivity contribution in [3.63, 3.8) is 0 Å². The zero-order chi connectivity index (χ0) is 22.4. The highest BCUT2D eigenvalue weighted by Crippen LogP contribution is 2.31. The molecule has 0 fully saturated rings. The molecule has 0 atom stereocenters. The summed E-state index contributed by atoms with van der Waals surface area (Å²) < 4.78 is 16.2. The lowest BCUT2D eigenvalue weighted by Crippen LogP contribution is -2.19. The molecule has 0 bridgehead atoms. The van der Waals surface area contributed by atoms with E-state index in [1.54, 1.807) is 62.8 Å². The first kappa shape index (κ1) is 22.1. The zero-order valence-electron chi connectivity index (χ0n) is 16.5. The summed E-state index contributed by atoms with van der Waals surface area (Å²) in [4.78, 5) is 10.8. The van der Waals surface area contributed by atoms with Gasteiger partial charge in [0.15, 0.2) is 5.11 Å². The zero-order valence-corrected chi connectivity index (χ0v) is 18.1. The van der Waals surface area contributed by atoms with Crippen LogP contribution in [0.5, 0.6) is 23.0 Å². The van der Waals surface area contributed by atoms with Crippen molar-refractivity contribution in [3.8, 4) is 23.0 Å². The Labute approximate surface area is 188 Å². The third kappa shape index (κ3) is 6.21. The number of nitrogens with zero attached hydrogens (tertiary/aromatic N) is 1. The molecular formula is C21H18ClN3O5S. The van der Waals surface area contributed by atoms with Crippen molar-refractivity contribution in [2.75, 3.05) is 24.9 Å². The number of hydrogen-bond donors (Lipinski definition) is 2. The van der Waals surface area contributed by atoms with E-state index in [4.69, 9.17) is 38.0 Å². The molecule has 0 aliphatic rings. The predicted octanol–water partition coefficient (Wildman–Crippen LogP) is 5.87.